The molecule has 1 fully saturated rings. The van der Waals surface area contributed by atoms with Crippen molar-refractivity contribution in [2.45, 2.75) is 25.7 Å². The lowest BCUT2D eigenvalue weighted by molar-refractivity contribution is -0.156. The van der Waals surface area contributed by atoms with Crippen LogP contribution >= 0.6 is 0 Å². The van der Waals surface area contributed by atoms with Crippen LogP contribution in [-0.4, -0.2) is 19.5 Å². The molecule has 0 saturated carbocycles. The van der Waals surface area contributed by atoms with Gasteiger partial charge in [0.25, 0.3) is 0 Å². The topological polar surface area (TPSA) is 27.7 Å². The number of rotatable bonds is 1. The van der Waals surface area contributed by atoms with Crippen molar-refractivity contribution >= 4 is 0 Å². The first kappa shape index (κ1) is 10.1. The van der Waals surface area contributed by atoms with E-state index in [0.717, 1.165) is 37.4 Å². The summed E-state index contributed by atoms with van der Waals surface area (Å²) in [6.45, 7) is 2.32. The van der Waals surface area contributed by atoms with Crippen LogP contribution in [0.15, 0.2) is 24.3 Å². The average molecular weight is 220 g/mol. The molecule has 0 amide bonds. The molecule has 1 unspecified atom stereocenters. The zero-order valence-electron chi connectivity index (χ0n) is 9.22. The van der Waals surface area contributed by atoms with Gasteiger partial charge < -0.3 is 14.2 Å². The van der Waals surface area contributed by atoms with E-state index in [0.29, 0.717) is 12.5 Å². The van der Waals surface area contributed by atoms with Gasteiger partial charge in [-0.25, -0.2) is 0 Å². The maximum Gasteiger partial charge on any atom is 0.203 e. The highest BCUT2D eigenvalue weighted by Gasteiger charge is 2.29. The molecule has 3 rings (SSSR count). The molecule has 0 aliphatic carbocycles. The third-order valence-electron chi connectivity index (χ3n) is 3.27. The summed E-state index contributed by atoms with van der Waals surface area (Å²) in [5.74, 6) is 1.45. The monoisotopic (exact) mass is 220 g/mol. The van der Waals surface area contributed by atoms with E-state index < -0.39 is 0 Å². The molecule has 1 aromatic rings. The summed E-state index contributed by atoms with van der Waals surface area (Å²) in [6, 6.07) is 8.09. The third-order valence-corrected chi connectivity index (χ3v) is 3.27. The lowest BCUT2D eigenvalue weighted by Crippen LogP contribution is -2.36. The molecule has 0 bridgehead atoms. The fraction of sp³-hybridized carbons (Fsp3) is 0.538. The van der Waals surface area contributed by atoms with Crippen molar-refractivity contribution in [3.63, 3.8) is 0 Å². The second-order valence-electron chi connectivity index (χ2n) is 4.35. The van der Waals surface area contributed by atoms with E-state index in [4.69, 9.17) is 14.2 Å². The first-order valence-electron chi connectivity index (χ1n) is 5.87. The lowest BCUT2D eigenvalue weighted by atomic mass is 9.99. The molecule has 0 N–H and O–H groups in total. The lowest BCUT2D eigenvalue weighted by Gasteiger charge is -2.33. The van der Waals surface area contributed by atoms with Crippen LogP contribution in [0.25, 0.3) is 0 Å². The van der Waals surface area contributed by atoms with Crippen LogP contribution in [0.5, 0.6) is 5.75 Å². The van der Waals surface area contributed by atoms with Gasteiger partial charge in [0.05, 0.1) is 6.61 Å². The zero-order valence-corrected chi connectivity index (χ0v) is 9.22. The van der Waals surface area contributed by atoms with Crippen LogP contribution in [0.3, 0.4) is 0 Å². The minimum atomic E-state index is -0.0844. The summed E-state index contributed by atoms with van der Waals surface area (Å²) in [4.78, 5) is 0. The second-order valence-corrected chi connectivity index (χ2v) is 4.35. The molecular formula is C13H16O3. The van der Waals surface area contributed by atoms with E-state index >= 15 is 0 Å². The number of ether oxygens (including phenoxy) is 3. The van der Waals surface area contributed by atoms with Gasteiger partial charge in [0, 0.05) is 24.7 Å². The minimum absolute atomic E-state index is 0.0844. The van der Waals surface area contributed by atoms with E-state index in [-0.39, 0.29) is 6.29 Å². The molecule has 0 spiro atoms. The maximum absolute atomic E-state index is 5.89. The largest absolute Gasteiger partial charge is 0.464 e. The number of fused-ring (bicyclic) bond motifs is 1. The van der Waals surface area contributed by atoms with Gasteiger partial charge in [0.1, 0.15) is 5.75 Å². The van der Waals surface area contributed by atoms with Crippen molar-refractivity contribution in [1.82, 2.24) is 0 Å². The highest BCUT2D eigenvalue weighted by molar-refractivity contribution is 5.33. The molecule has 2 aliphatic rings. The molecule has 86 valence electrons. The van der Waals surface area contributed by atoms with Gasteiger partial charge >= 0.3 is 0 Å². The smallest absolute Gasteiger partial charge is 0.203 e. The fourth-order valence-electron chi connectivity index (χ4n) is 2.29. The van der Waals surface area contributed by atoms with Gasteiger partial charge in [-0.3, -0.25) is 0 Å². The Hall–Kier alpha value is -1.06. The van der Waals surface area contributed by atoms with Gasteiger partial charge in [0.2, 0.25) is 6.29 Å². The number of para-hydroxylation sites is 1. The second kappa shape index (κ2) is 4.44. The summed E-state index contributed by atoms with van der Waals surface area (Å²) >= 11 is 0. The molecule has 16 heavy (non-hydrogen) atoms. The summed E-state index contributed by atoms with van der Waals surface area (Å²) in [5.41, 5.74) is 1.14. The number of benzene rings is 1. The van der Waals surface area contributed by atoms with Crippen molar-refractivity contribution in [3.8, 4) is 5.75 Å². The molecule has 0 aromatic heterocycles. The molecule has 1 aromatic carbocycles. The summed E-state index contributed by atoms with van der Waals surface area (Å²) in [7, 11) is 0. The van der Waals surface area contributed by atoms with Crippen LogP contribution in [-0.2, 0) is 16.1 Å². The van der Waals surface area contributed by atoms with Crippen LogP contribution in [0, 0.1) is 5.92 Å². The SMILES string of the molecule is c1ccc2c(c1)COC(C1CCOCC1)O2. The summed E-state index contributed by atoms with van der Waals surface area (Å²) < 4.78 is 17.0. The highest BCUT2D eigenvalue weighted by atomic mass is 16.7. The van der Waals surface area contributed by atoms with Crippen LogP contribution in [0.4, 0.5) is 0 Å². The van der Waals surface area contributed by atoms with Crippen LogP contribution in [0.1, 0.15) is 18.4 Å². The van der Waals surface area contributed by atoms with Gasteiger partial charge in [0.15, 0.2) is 0 Å². The van der Waals surface area contributed by atoms with Gasteiger partial charge in [-0.15, -0.1) is 0 Å². The first-order valence-corrected chi connectivity index (χ1v) is 5.87. The molecule has 1 atom stereocenters. The molecule has 3 nitrogen and oxygen atoms in total. The Labute approximate surface area is 95.3 Å². The van der Waals surface area contributed by atoms with E-state index in [1.165, 1.54) is 0 Å². The molecule has 0 radical (unpaired) electrons. The quantitative estimate of drug-likeness (QED) is 0.727. The zero-order chi connectivity index (χ0) is 10.8. The number of hydrogen-bond acceptors (Lipinski definition) is 3. The van der Waals surface area contributed by atoms with E-state index in [9.17, 15) is 0 Å². The first-order chi connectivity index (χ1) is 7.93. The number of hydrogen-bond donors (Lipinski definition) is 0. The molecule has 1 saturated heterocycles. The predicted octanol–water partition coefficient (Wildman–Crippen LogP) is 2.35. The van der Waals surface area contributed by atoms with Crippen molar-refractivity contribution in [2.75, 3.05) is 13.2 Å². The third kappa shape index (κ3) is 1.93. The van der Waals surface area contributed by atoms with E-state index in [2.05, 4.69) is 6.07 Å². The summed E-state index contributed by atoms with van der Waals surface area (Å²) in [5, 5.41) is 0. The van der Waals surface area contributed by atoms with E-state index in [1.807, 2.05) is 18.2 Å². The Kier molecular flexibility index (Phi) is 2.80. The maximum atomic E-state index is 5.89. The van der Waals surface area contributed by atoms with Crippen molar-refractivity contribution in [3.05, 3.63) is 29.8 Å². The Morgan fingerprint density at radius 1 is 1.06 bits per heavy atom. The van der Waals surface area contributed by atoms with Crippen LogP contribution < -0.4 is 4.74 Å². The predicted molar refractivity (Wildman–Crippen MR) is 59.2 cm³/mol. The summed E-state index contributed by atoms with van der Waals surface area (Å²) in [6.07, 6.45) is 1.98. The molecule has 2 heterocycles. The Morgan fingerprint density at radius 2 is 1.88 bits per heavy atom. The molecule has 2 aliphatic heterocycles. The van der Waals surface area contributed by atoms with Gasteiger partial charge in [-0.1, -0.05) is 18.2 Å². The normalized spacial score (nSPS) is 25.9. The van der Waals surface area contributed by atoms with E-state index in [1.54, 1.807) is 0 Å². The average Bonchev–Trinajstić information content (AvgIpc) is 2.39. The van der Waals surface area contributed by atoms with Crippen molar-refractivity contribution in [2.24, 2.45) is 5.92 Å². The van der Waals surface area contributed by atoms with Crippen molar-refractivity contribution in [1.29, 1.82) is 0 Å². The highest BCUT2D eigenvalue weighted by Crippen LogP contribution is 2.31. The standard InChI is InChI=1S/C13H16O3/c1-2-4-12-11(3-1)9-15-13(16-12)10-5-7-14-8-6-10/h1-4,10,13H,5-9H2. The van der Waals surface area contributed by atoms with Gasteiger partial charge in [-0.05, 0) is 18.9 Å². The Morgan fingerprint density at radius 3 is 2.75 bits per heavy atom. The molecular weight excluding hydrogens is 204 g/mol. The van der Waals surface area contributed by atoms with Gasteiger partial charge in [-0.2, -0.15) is 0 Å². The van der Waals surface area contributed by atoms with Crippen LogP contribution in [0.2, 0.25) is 0 Å². The van der Waals surface area contributed by atoms with Crippen molar-refractivity contribution < 1.29 is 14.2 Å². The minimum Gasteiger partial charge on any atom is -0.464 e. The Bertz CT molecular complexity index is 358. The Balaban J connectivity index is 1.72. The molecule has 3 heteroatoms. The fourth-order valence-corrected chi connectivity index (χ4v) is 2.29.